The van der Waals surface area contributed by atoms with Crippen LogP contribution in [-0.2, 0) is 14.3 Å². The fraction of sp³-hybridized carbons (Fsp3) is 0.950. The molecule has 1 fully saturated rings. The second-order valence-electron chi connectivity index (χ2n) is 7.25. The third-order valence-electron chi connectivity index (χ3n) is 5.27. The molecule has 1 heterocycles. The Morgan fingerprint density at radius 1 is 0.957 bits per heavy atom. The SMILES string of the molecule is CCCCCCCCCCCCCCC(C)C1(C(=O)OC)CO1. The molecule has 0 saturated carbocycles. The summed E-state index contributed by atoms with van der Waals surface area (Å²) in [5, 5.41) is 0. The van der Waals surface area contributed by atoms with Crippen LogP contribution in [0.15, 0.2) is 0 Å². The van der Waals surface area contributed by atoms with Crippen LogP contribution in [0.2, 0.25) is 0 Å². The van der Waals surface area contributed by atoms with E-state index in [-0.39, 0.29) is 11.9 Å². The van der Waals surface area contributed by atoms with Gasteiger partial charge in [0.15, 0.2) is 5.60 Å². The first-order chi connectivity index (χ1) is 11.2. The van der Waals surface area contributed by atoms with Gasteiger partial charge in [0.2, 0.25) is 0 Å². The highest BCUT2D eigenvalue weighted by Crippen LogP contribution is 2.39. The maximum atomic E-state index is 11.7. The standard InChI is InChI=1S/C20H38O3/c1-4-5-6-7-8-9-10-11-12-13-14-15-16-18(2)20(17-23-20)19(21)22-3/h18H,4-17H2,1-3H3. The van der Waals surface area contributed by atoms with E-state index in [1.54, 1.807) is 0 Å². The highest BCUT2D eigenvalue weighted by atomic mass is 16.6. The van der Waals surface area contributed by atoms with E-state index < -0.39 is 5.60 Å². The van der Waals surface area contributed by atoms with Gasteiger partial charge in [-0.25, -0.2) is 4.79 Å². The average Bonchev–Trinajstić information content (AvgIpc) is 3.36. The zero-order chi connectivity index (χ0) is 17.0. The summed E-state index contributed by atoms with van der Waals surface area (Å²) in [6.07, 6.45) is 17.4. The second kappa shape index (κ2) is 11.9. The van der Waals surface area contributed by atoms with Gasteiger partial charge in [0.25, 0.3) is 0 Å². The monoisotopic (exact) mass is 326 g/mol. The predicted octanol–water partition coefficient (Wildman–Crippen LogP) is 5.66. The Kier molecular flexibility index (Phi) is 10.6. The first kappa shape index (κ1) is 20.5. The molecule has 1 aliphatic rings. The van der Waals surface area contributed by atoms with Crippen molar-refractivity contribution < 1.29 is 14.3 Å². The van der Waals surface area contributed by atoms with Crippen LogP contribution in [0, 0.1) is 5.92 Å². The molecule has 0 aliphatic carbocycles. The molecule has 3 nitrogen and oxygen atoms in total. The van der Waals surface area contributed by atoms with E-state index in [4.69, 9.17) is 9.47 Å². The molecule has 23 heavy (non-hydrogen) atoms. The number of hydrogen-bond acceptors (Lipinski definition) is 3. The van der Waals surface area contributed by atoms with Gasteiger partial charge in [-0.3, -0.25) is 0 Å². The summed E-state index contributed by atoms with van der Waals surface area (Å²) in [5.41, 5.74) is -0.605. The summed E-state index contributed by atoms with van der Waals surface area (Å²) >= 11 is 0. The van der Waals surface area contributed by atoms with Crippen molar-refractivity contribution in [2.45, 2.75) is 103 Å². The van der Waals surface area contributed by atoms with Crippen molar-refractivity contribution in [3.8, 4) is 0 Å². The van der Waals surface area contributed by atoms with Gasteiger partial charge in [0.05, 0.1) is 13.7 Å². The van der Waals surface area contributed by atoms with Crippen LogP contribution in [0.4, 0.5) is 0 Å². The van der Waals surface area contributed by atoms with E-state index in [1.807, 2.05) is 0 Å². The summed E-state index contributed by atoms with van der Waals surface area (Å²) in [5.74, 6) is 0.0852. The van der Waals surface area contributed by atoms with Crippen LogP contribution in [0.5, 0.6) is 0 Å². The van der Waals surface area contributed by atoms with Gasteiger partial charge in [-0.05, 0) is 12.3 Å². The highest BCUT2D eigenvalue weighted by molar-refractivity contribution is 5.82. The van der Waals surface area contributed by atoms with E-state index >= 15 is 0 Å². The zero-order valence-corrected chi connectivity index (χ0v) is 15.7. The first-order valence-electron chi connectivity index (χ1n) is 9.89. The van der Waals surface area contributed by atoms with Gasteiger partial charge in [-0.2, -0.15) is 0 Å². The highest BCUT2D eigenvalue weighted by Gasteiger charge is 2.57. The number of carbonyl (C=O) groups is 1. The molecular formula is C20H38O3. The molecule has 2 unspecified atom stereocenters. The van der Waals surface area contributed by atoms with Gasteiger partial charge < -0.3 is 9.47 Å². The van der Waals surface area contributed by atoms with Gasteiger partial charge in [-0.15, -0.1) is 0 Å². The molecule has 0 radical (unpaired) electrons. The number of ether oxygens (including phenoxy) is 2. The van der Waals surface area contributed by atoms with Crippen molar-refractivity contribution in [1.29, 1.82) is 0 Å². The number of esters is 1. The van der Waals surface area contributed by atoms with Gasteiger partial charge in [-0.1, -0.05) is 90.9 Å². The number of rotatable bonds is 15. The lowest BCUT2D eigenvalue weighted by Crippen LogP contribution is -2.33. The van der Waals surface area contributed by atoms with E-state index in [0.717, 1.165) is 6.42 Å². The zero-order valence-electron chi connectivity index (χ0n) is 15.7. The van der Waals surface area contributed by atoms with Crippen molar-refractivity contribution in [2.24, 2.45) is 5.92 Å². The topological polar surface area (TPSA) is 38.8 Å². The Balaban J connectivity index is 1.87. The molecule has 1 saturated heterocycles. The lowest BCUT2D eigenvalue weighted by Gasteiger charge is -2.17. The summed E-state index contributed by atoms with van der Waals surface area (Å²) < 4.78 is 10.2. The van der Waals surface area contributed by atoms with Crippen molar-refractivity contribution in [3.63, 3.8) is 0 Å². The molecule has 0 N–H and O–H groups in total. The molecular weight excluding hydrogens is 288 g/mol. The molecule has 1 rings (SSSR count). The van der Waals surface area contributed by atoms with E-state index in [2.05, 4.69) is 13.8 Å². The third kappa shape index (κ3) is 7.69. The first-order valence-corrected chi connectivity index (χ1v) is 9.89. The van der Waals surface area contributed by atoms with Crippen molar-refractivity contribution in [1.82, 2.24) is 0 Å². The fourth-order valence-electron chi connectivity index (χ4n) is 3.38. The third-order valence-corrected chi connectivity index (χ3v) is 5.27. The molecule has 0 aromatic heterocycles. The van der Waals surface area contributed by atoms with Crippen LogP contribution in [0.3, 0.4) is 0 Å². The Hall–Kier alpha value is -0.570. The van der Waals surface area contributed by atoms with Gasteiger partial charge >= 0.3 is 5.97 Å². The maximum absolute atomic E-state index is 11.7. The lowest BCUT2D eigenvalue weighted by molar-refractivity contribution is -0.149. The maximum Gasteiger partial charge on any atom is 0.340 e. The van der Waals surface area contributed by atoms with Gasteiger partial charge in [0.1, 0.15) is 0 Å². The Morgan fingerprint density at radius 2 is 1.39 bits per heavy atom. The predicted molar refractivity (Wildman–Crippen MR) is 95.6 cm³/mol. The Bertz CT molecular complexity index is 310. The molecule has 3 heteroatoms. The van der Waals surface area contributed by atoms with Crippen LogP contribution in [-0.4, -0.2) is 25.3 Å². The smallest absolute Gasteiger partial charge is 0.340 e. The quantitative estimate of drug-likeness (QED) is 0.221. The molecule has 1 aliphatic heterocycles. The average molecular weight is 327 g/mol. The van der Waals surface area contributed by atoms with Crippen LogP contribution < -0.4 is 0 Å². The minimum absolute atomic E-state index is 0.191. The minimum Gasteiger partial charge on any atom is -0.467 e. The molecule has 0 aromatic carbocycles. The number of hydrogen-bond donors (Lipinski definition) is 0. The number of unbranched alkanes of at least 4 members (excludes halogenated alkanes) is 11. The normalized spacial score (nSPS) is 21.2. The summed E-state index contributed by atoms with van der Waals surface area (Å²) in [6, 6.07) is 0. The largest absolute Gasteiger partial charge is 0.467 e. The Labute approximate surface area is 143 Å². The van der Waals surface area contributed by atoms with E-state index in [0.29, 0.717) is 6.61 Å². The molecule has 0 spiro atoms. The fourth-order valence-corrected chi connectivity index (χ4v) is 3.38. The number of methoxy groups -OCH3 is 1. The van der Waals surface area contributed by atoms with E-state index in [1.165, 1.54) is 84.2 Å². The van der Waals surface area contributed by atoms with Crippen molar-refractivity contribution >= 4 is 5.97 Å². The molecule has 0 aromatic rings. The van der Waals surface area contributed by atoms with E-state index in [9.17, 15) is 4.79 Å². The summed E-state index contributed by atoms with van der Waals surface area (Å²) in [4.78, 5) is 11.7. The van der Waals surface area contributed by atoms with Crippen molar-refractivity contribution in [3.05, 3.63) is 0 Å². The number of carbonyl (C=O) groups excluding carboxylic acids is 1. The Morgan fingerprint density at radius 3 is 1.78 bits per heavy atom. The summed E-state index contributed by atoms with van der Waals surface area (Å²) in [6.45, 7) is 4.93. The van der Waals surface area contributed by atoms with Crippen LogP contribution in [0.25, 0.3) is 0 Å². The van der Waals surface area contributed by atoms with Gasteiger partial charge in [0, 0.05) is 0 Å². The molecule has 0 amide bonds. The van der Waals surface area contributed by atoms with Crippen LogP contribution in [0.1, 0.15) is 97.3 Å². The molecule has 2 atom stereocenters. The minimum atomic E-state index is -0.605. The molecule has 136 valence electrons. The number of epoxide rings is 1. The van der Waals surface area contributed by atoms with Crippen LogP contribution >= 0.6 is 0 Å². The molecule has 0 bridgehead atoms. The van der Waals surface area contributed by atoms with Crippen molar-refractivity contribution in [2.75, 3.05) is 13.7 Å². The lowest BCUT2D eigenvalue weighted by atomic mass is 9.89. The summed E-state index contributed by atoms with van der Waals surface area (Å²) in [7, 11) is 1.45. The second-order valence-corrected chi connectivity index (χ2v) is 7.25.